The molecule has 1 saturated heterocycles. The first kappa shape index (κ1) is 9.98. The Morgan fingerprint density at radius 2 is 2.00 bits per heavy atom. The van der Waals surface area contributed by atoms with Crippen LogP contribution in [0, 0.1) is 0 Å². The fourth-order valence-corrected chi connectivity index (χ4v) is 1.37. The molecule has 5 nitrogen and oxygen atoms in total. The third-order valence-corrected chi connectivity index (χ3v) is 2.05. The van der Waals surface area contributed by atoms with Gasteiger partial charge in [-0.1, -0.05) is 6.42 Å². The van der Waals surface area contributed by atoms with E-state index in [2.05, 4.69) is 4.74 Å². The van der Waals surface area contributed by atoms with E-state index < -0.39 is 6.09 Å². The number of nitrogens with zero attached hydrogens (tertiary/aromatic N) is 2. The molecule has 1 aliphatic rings. The summed E-state index contributed by atoms with van der Waals surface area (Å²) >= 11 is 0. The first-order chi connectivity index (χ1) is 6.29. The van der Waals surface area contributed by atoms with Crippen LogP contribution < -0.4 is 0 Å². The van der Waals surface area contributed by atoms with Crippen LogP contribution >= 0.6 is 0 Å². The summed E-state index contributed by atoms with van der Waals surface area (Å²) in [6, 6.07) is 0. The molecule has 1 fully saturated rings. The molecule has 0 spiro atoms. The predicted molar refractivity (Wildman–Crippen MR) is 45.4 cm³/mol. The SMILES string of the molecule is COC(=O)N([C]=O)N1CCCCC1. The second-order valence-electron chi connectivity index (χ2n) is 2.89. The minimum atomic E-state index is -0.670. The zero-order chi connectivity index (χ0) is 9.68. The van der Waals surface area contributed by atoms with Gasteiger partial charge >= 0.3 is 12.5 Å². The van der Waals surface area contributed by atoms with E-state index in [9.17, 15) is 9.59 Å². The zero-order valence-electron chi connectivity index (χ0n) is 7.65. The summed E-state index contributed by atoms with van der Waals surface area (Å²) in [5, 5.41) is 2.53. The molecule has 0 aliphatic carbocycles. The summed E-state index contributed by atoms with van der Waals surface area (Å²) in [4.78, 5) is 21.5. The molecule has 0 aromatic carbocycles. The lowest BCUT2D eigenvalue weighted by Gasteiger charge is -2.31. The number of hydrazine groups is 1. The quantitative estimate of drug-likeness (QED) is 0.588. The number of carbonyl (C=O) groups is 1. The molecular weight excluding hydrogens is 172 g/mol. The van der Waals surface area contributed by atoms with Crippen LogP contribution in [0.1, 0.15) is 19.3 Å². The number of carbonyl (C=O) groups excluding carboxylic acids is 2. The van der Waals surface area contributed by atoms with E-state index in [0.717, 1.165) is 24.3 Å². The molecule has 0 unspecified atom stereocenters. The van der Waals surface area contributed by atoms with Crippen LogP contribution in [0.25, 0.3) is 0 Å². The zero-order valence-corrected chi connectivity index (χ0v) is 7.65. The van der Waals surface area contributed by atoms with E-state index in [-0.39, 0.29) is 0 Å². The maximum Gasteiger partial charge on any atom is 0.431 e. The molecule has 1 radical (unpaired) electrons. The Bertz CT molecular complexity index is 190. The van der Waals surface area contributed by atoms with E-state index in [0.29, 0.717) is 13.1 Å². The highest BCUT2D eigenvalue weighted by Gasteiger charge is 2.23. The highest BCUT2D eigenvalue weighted by molar-refractivity contribution is 5.79. The van der Waals surface area contributed by atoms with Crippen LogP contribution in [0.15, 0.2) is 0 Å². The molecule has 0 atom stereocenters. The average molecular weight is 185 g/mol. The van der Waals surface area contributed by atoms with E-state index in [1.165, 1.54) is 7.11 Å². The molecule has 1 aliphatic heterocycles. The van der Waals surface area contributed by atoms with Crippen molar-refractivity contribution in [2.75, 3.05) is 20.2 Å². The largest absolute Gasteiger partial charge is 0.451 e. The predicted octanol–water partition coefficient (Wildman–Crippen LogP) is 0.523. The van der Waals surface area contributed by atoms with Crippen molar-refractivity contribution in [2.24, 2.45) is 0 Å². The van der Waals surface area contributed by atoms with Crippen molar-refractivity contribution in [2.45, 2.75) is 19.3 Å². The van der Waals surface area contributed by atoms with Crippen molar-refractivity contribution in [1.29, 1.82) is 0 Å². The van der Waals surface area contributed by atoms with Gasteiger partial charge in [0.15, 0.2) is 0 Å². The van der Waals surface area contributed by atoms with Gasteiger partial charge in [-0.3, -0.25) is 4.79 Å². The summed E-state index contributed by atoms with van der Waals surface area (Å²) in [7, 11) is 1.25. The molecule has 2 amide bonds. The molecular formula is C8H13N2O3. The summed E-state index contributed by atoms with van der Waals surface area (Å²) in [5.74, 6) is 0. The Morgan fingerprint density at radius 3 is 2.46 bits per heavy atom. The van der Waals surface area contributed by atoms with Gasteiger partial charge in [-0.05, 0) is 12.8 Å². The first-order valence-corrected chi connectivity index (χ1v) is 4.30. The maximum atomic E-state index is 11.0. The van der Waals surface area contributed by atoms with Crippen LogP contribution in [-0.2, 0) is 9.53 Å². The van der Waals surface area contributed by atoms with E-state index in [1.807, 2.05) is 0 Å². The van der Waals surface area contributed by atoms with Crippen molar-refractivity contribution in [1.82, 2.24) is 10.0 Å². The molecule has 5 heteroatoms. The molecule has 13 heavy (non-hydrogen) atoms. The van der Waals surface area contributed by atoms with Crippen LogP contribution in [-0.4, -0.2) is 42.7 Å². The van der Waals surface area contributed by atoms with Gasteiger partial charge in [-0.2, -0.15) is 5.01 Å². The van der Waals surface area contributed by atoms with Gasteiger partial charge in [-0.25, -0.2) is 9.80 Å². The molecule has 1 heterocycles. The summed E-state index contributed by atoms with van der Waals surface area (Å²) in [6.07, 6.45) is 4.02. The summed E-state index contributed by atoms with van der Waals surface area (Å²) in [5.41, 5.74) is 0. The fourth-order valence-electron chi connectivity index (χ4n) is 1.37. The van der Waals surface area contributed by atoms with Gasteiger partial charge in [0.25, 0.3) is 0 Å². The van der Waals surface area contributed by atoms with Crippen molar-refractivity contribution >= 4 is 12.5 Å². The van der Waals surface area contributed by atoms with Crippen LogP contribution in [0.4, 0.5) is 4.79 Å². The number of ether oxygens (including phenoxy) is 1. The van der Waals surface area contributed by atoms with Crippen molar-refractivity contribution in [3.63, 3.8) is 0 Å². The van der Waals surface area contributed by atoms with Crippen molar-refractivity contribution in [3.05, 3.63) is 0 Å². The second-order valence-corrected chi connectivity index (χ2v) is 2.89. The fraction of sp³-hybridized carbons (Fsp3) is 0.750. The molecule has 0 aromatic heterocycles. The van der Waals surface area contributed by atoms with Gasteiger partial charge in [0.1, 0.15) is 0 Å². The van der Waals surface area contributed by atoms with Gasteiger partial charge in [0.2, 0.25) is 0 Å². The Labute approximate surface area is 77.2 Å². The molecule has 0 aromatic rings. The maximum absolute atomic E-state index is 11.0. The van der Waals surface area contributed by atoms with Crippen molar-refractivity contribution in [3.8, 4) is 0 Å². The van der Waals surface area contributed by atoms with E-state index in [1.54, 1.807) is 11.4 Å². The topological polar surface area (TPSA) is 49.9 Å². The number of hydrogen-bond acceptors (Lipinski definition) is 4. The number of amides is 2. The molecule has 0 saturated carbocycles. The monoisotopic (exact) mass is 185 g/mol. The van der Waals surface area contributed by atoms with Crippen LogP contribution in [0.2, 0.25) is 0 Å². The minimum absolute atomic E-state index is 0.670. The van der Waals surface area contributed by atoms with E-state index in [4.69, 9.17) is 0 Å². The third-order valence-electron chi connectivity index (χ3n) is 2.05. The number of imide groups is 1. The lowest BCUT2D eigenvalue weighted by molar-refractivity contribution is 0.0205. The van der Waals surface area contributed by atoms with E-state index >= 15 is 0 Å². The summed E-state index contributed by atoms with van der Waals surface area (Å²) < 4.78 is 4.44. The molecule has 1 rings (SSSR count). The van der Waals surface area contributed by atoms with Crippen LogP contribution in [0.3, 0.4) is 0 Å². The van der Waals surface area contributed by atoms with Gasteiger partial charge in [0, 0.05) is 13.1 Å². The molecule has 0 N–H and O–H groups in total. The minimum Gasteiger partial charge on any atom is -0.451 e. The van der Waals surface area contributed by atoms with Gasteiger partial charge in [0.05, 0.1) is 7.11 Å². The lowest BCUT2D eigenvalue weighted by atomic mass is 10.2. The lowest BCUT2D eigenvalue weighted by Crippen LogP contribution is -2.47. The van der Waals surface area contributed by atoms with Gasteiger partial charge in [-0.15, -0.1) is 0 Å². The third kappa shape index (κ3) is 2.42. The standard InChI is InChI=1S/C8H13N2O3/c1-13-8(12)10(7-11)9-5-3-2-4-6-9/h2-6H2,1H3. The molecule has 73 valence electrons. The highest BCUT2D eigenvalue weighted by atomic mass is 16.5. The Kier molecular flexibility index (Phi) is 3.70. The first-order valence-electron chi connectivity index (χ1n) is 4.30. The summed E-state index contributed by atoms with van der Waals surface area (Å²) in [6.45, 7) is 1.43. The normalized spacial score (nSPS) is 17.9. The number of hydrogen-bond donors (Lipinski definition) is 0. The number of piperidine rings is 1. The van der Waals surface area contributed by atoms with Crippen LogP contribution in [0.5, 0.6) is 0 Å². The average Bonchev–Trinajstić information content (AvgIpc) is 2.20. The molecule has 0 bridgehead atoms. The second kappa shape index (κ2) is 4.81. The Hall–Kier alpha value is -1.10. The number of methoxy groups -OCH3 is 1. The Balaban J connectivity index is 2.53. The smallest absolute Gasteiger partial charge is 0.431 e. The van der Waals surface area contributed by atoms with Crippen molar-refractivity contribution < 1.29 is 14.3 Å². The highest BCUT2D eigenvalue weighted by Crippen LogP contribution is 2.10. The number of rotatable bonds is 2. The van der Waals surface area contributed by atoms with Gasteiger partial charge < -0.3 is 4.74 Å². The Morgan fingerprint density at radius 1 is 1.38 bits per heavy atom.